The van der Waals surface area contributed by atoms with Gasteiger partial charge in [-0.3, -0.25) is 4.79 Å². The van der Waals surface area contributed by atoms with Crippen LogP contribution < -0.4 is 10.1 Å². The predicted octanol–water partition coefficient (Wildman–Crippen LogP) is 2.81. The van der Waals surface area contributed by atoms with E-state index in [1.54, 1.807) is 7.11 Å². The zero-order valence-electron chi connectivity index (χ0n) is 12.3. The molecule has 0 unspecified atom stereocenters. The highest BCUT2D eigenvalue weighted by atomic mass is 79.9. The molecule has 5 heteroatoms. The maximum Gasteiger partial charge on any atom is 0.220 e. The van der Waals surface area contributed by atoms with Crippen LogP contribution in [-0.4, -0.2) is 30.3 Å². The molecule has 2 rings (SSSR count). The van der Waals surface area contributed by atoms with E-state index in [-0.39, 0.29) is 18.1 Å². The topological polar surface area (TPSA) is 58.6 Å². The van der Waals surface area contributed by atoms with E-state index in [2.05, 4.69) is 21.2 Å². The van der Waals surface area contributed by atoms with Gasteiger partial charge in [-0.25, -0.2) is 0 Å². The number of methoxy groups -OCH3 is 1. The summed E-state index contributed by atoms with van der Waals surface area (Å²) in [5.74, 6) is 0.797. The van der Waals surface area contributed by atoms with E-state index >= 15 is 0 Å². The summed E-state index contributed by atoms with van der Waals surface area (Å²) in [5, 5.41) is 12.5. The standard InChI is InChI=1S/C16H22BrNO3/c1-21-14-6-4-12(10-13(14)17)5-7-15(20)18-16(11-19)8-2-3-9-16/h4,6,10,19H,2-3,5,7-9,11H2,1H3,(H,18,20). The Morgan fingerprint density at radius 1 is 1.43 bits per heavy atom. The van der Waals surface area contributed by atoms with E-state index in [9.17, 15) is 9.90 Å². The molecule has 1 fully saturated rings. The van der Waals surface area contributed by atoms with Gasteiger partial charge in [-0.1, -0.05) is 18.9 Å². The van der Waals surface area contributed by atoms with E-state index in [1.165, 1.54) is 0 Å². The first-order valence-corrected chi connectivity index (χ1v) is 8.12. The summed E-state index contributed by atoms with van der Waals surface area (Å²) in [6.07, 6.45) is 5.02. The van der Waals surface area contributed by atoms with Crippen LogP contribution in [0.5, 0.6) is 5.75 Å². The number of benzene rings is 1. The van der Waals surface area contributed by atoms with Crippen LogP contribution in [0.2, 0.25) is 0 Å². The number of rotatable bonds is 6. The van der Waals surface area contributed by atoms with E-state index in [1.807, 2.05) is 18.2 Å². The van der Waals surface area contributed by atoms with Gasteiger partial charge in [0.2, 0.25) is 5.91 Å². The van der Waals surface area contributed by atoms with Crippen molar-refractivity contribution in [1.82, 2.24) is 5.32 Å². The Kier molecular flexibility index (Phi) is 5.65. The number of nitrogens with one attached hydrogen (secondary N) is 1. The minimum absolute atomic E-state index is 0.0119. The zero-order chi connectivity index (χ0) is 15.3. The van der Waals surface area contributed by atoms with E-state index < -0.39 is 0 Å². The van der Waals surface area contributed by atoms with Crippen molar-refractivity contribution in [3.63, 3.8) is 0 Å². The molecule has 0 aliphatic heterocycles. The number of carbonyl (C=O) groups excluding carboxylic acids is 1. The normalized spacial score (nSPS) is 16.7. The van der Waals surface area contributed by atoms with Gasteiger partial charge in [0.15, 0.2) is 0 Å². The Morgan fingerprint density at radius 3 is 2.71 bits per heavy atom. The second-order valence-electron chi connectivity index (χ2n) is 5.66. The van der Waals surface area contributed by atoms with Gasteiger partial charge < -0.3 is 15.2 Å². The lowest BCUT2D eigenvalue weighted by Gasteiger charge is -2.28. The number of aliphatic hydroxyl groups excluding tert-OH is 1. The van der Waals surface area contributed by atoms with Crippen molar-refractivity contribution in [2.24, 2.45) is 0 Å². The summed E-state index contributed by atoms with van der Waals surface area (Å²) in [6.45, 7) is 0.0345. The molecule has 0 saturated heterocycles. The van der Waals surface area contributed by atoms with Crippen molar-refractivity contribution in [3.05, 3.63) is 28.2 Å². The highest BCUT2D eigenvalue weighted by molar-refractivity contribution is 9.10. The Morgan fingerprint density at radius 2 is 2.14 bits per heavy atom. The number of aryl methyl sites for hydroxylation is 1. The van der Waals surface area contributed by atoms with Gasteiger partial charge in [0.25, 0.3) is 0 Å². The molecule has 1 amide bonds. The molecule has 116 valence electrons. The highest BCUT2D eigenvalue weighted by Crippen LogP contribution is 2.29. The third-order valence-electron chi connectivity index (χ3n) is 4.12. The first-order valence-electron chi connectivity index (χ1n) is 7.33. The minimum atomic E-state index is -0.377. The van der Waals surface area contributed by atoms with Gasteiger partial charge in [0.1, 0.15) is 5.75 Å². The largest absolute Gasteiger partial charge is 0.496 e. The second kappa shape index (κ2) is 7.27. The van der Waals surface area contributed by atoms with E-state index in [4.69, 9.17) is 4.74 Å². The van der Waals surface area contributed by atoms with Crippen molar-refractivity contribution < 1.29 is 14.6 Å². The summed E-state index contributed by atoms with van der Waals surface area (Å²) in [4.78, 5) is 12.1. The lowest BCUT2D eigenvalue weighted by atomic mass is 9.98. The molecule has 0 aromatic heterocycles. The molecule has 0 radical (unpaired) electrons. The molecule has 0 spiro atoms. The van der Waals surface area contributed by atoms with Gasteiger partial charge >= 0.3 is 0 Å². The predicted molar refractivity (Wildman–Crippen MR) is 85.4 cm³/mol. The monoisotopic (exact) mass is 355 g/mol. The molecule has 1 aromatic rings. The van der Waals surface area contributed by atoms with Crippen LogP contribution in [0.3, 0.4) is 0 Å². The number of ether oxygens (including phenoxy) is 1. The SMILES string of the molecule is COc1ccc(CCC(=O)NC2(CO)CCCC2)cc1Br. The van der Waals surface area contributed by atoms with Gasteiger partial charge in [-0.2, -0.15) is 0 Å². The molecule has 1 aliphatic rings. The van der Waals surface area contributed by atoms with Crippen molar-refractivity contribution in [2.75, 3.05) is 13.7 Å². The average molecular weight is 356 g/mol. The van der Waals surface area contributed by atoms with Crippen LogP contribution in [0.4, 0.5) is 0 Å². The van der Waals surface area contributed by atoms with Crippen molar-refractivity contribution in [3.8, 4) is 5.75 Å². The molecule has 1 aromatic carbocycles. The number of aliphatic hydroxyl groups is 1. The van der Waals surface area contributed by atoms with Crippen LogP contribution in [-0.2, 0) is 11.2 Å². The fourth-order valence-corrected chi connectivity index (χ4v) is 3.44. The van der Waals surface area contributed by atoms with E-state index in [0.717, 1.165) is 41.5 Å². The highest BCUT2D eigenvalue weighted by Gasteiger charge is 2.34. The van der Waals surface area contributed by atoms with Crippen LogP contribution >= 0.6 is 15.9 Å². The first kappa shape index (κ1) is 16.3. The second-order valence-corrected chi connectivity index (χ2v) is 6.52. The number of amides is 1. The molecule has 4 nitrogen and oxygen atoms in total. The van der Waals surface area contributed by atoms with Gasteiger partial charge in [-0.15, -0.1) is 0 Å². The molecule has 0 atom stereocenters. The van der Waals surface area contributed by atoms with Crippen molar-refractivity contribution in [2.45, 2.75) is 44.1 Å². The lowest BCUT2D eigenvalue weighted by molar-refractivity contribution is -0.123. The fraction of sp³-hybridized carbons (Fsp3) is 0.562. The summed E-state index contributed by atoms with van der Waals surface area (Å²) >= 11 is 3.45. The number of carbonyl (C=O) groups is 1. The number of halogens is 1. The van der Waals surface area contributed by atoms with Gasteiger partial charge in [0, 0.05) is 6.42 Å². The summed E-state index contributed by atoms with van der Waals surface area (Å²) in [7, 11) is 1.63. The van der Waals surface area contributed by atoms with Gasteiger partial charge in [-0.05, 0) is 52.9 Å². The average Bonchev–Trinajstić information content (AvgIpc) is 2.94. The van der Waals surface area contributed by atoms with Crippen LogP contribution in [0.15, 0.2) is 22.7 Å². The molecule has 0 heterocycles. The third kappa shape index (κ3) is 4.20. The maximum atomic E-state index is 12.1. The smallest absolute Gasteiger partial charge is 0.220 e. The van der Waals surface area contributed by atoms with Gasteiger partial charge in [0.05, 0.1) is 23.7 Å². The van der Waals surface area contributed by atoms with E-state index in [0.29, 0.717) is 12.8 Å². The molecular weight excluding hydrogens is 334 g/mol. The molecular formula is C16H22BrNO3. The quantitative estimate of drug-likeness (QED) is 0.824. The Labute approximate surface area is 134 Å². The number of hydrogen-bond donors (Lipinski definition) is 2. The summed E-state index contributed by atoms with van der Waals surface area (Å²) in [6, 6.07) is 5.83. The lowest BCUT2D eigenvalue weighted by Crippen LogP contribution is -2.49. The number of hydrogen-bond acceptors (Lipinski definition) is 3. The summed E-state index contributed by atoms with van der Waals surface area (Å²) in [5.41, 5.74) is 0.708. The Balaban J connectivity index is 1.87. The third-order valence-corrected chi connectivity index (χ3v) is 4.74. The summed E-state index contributed by atoms with van der Waals surface area (Å²) < 4.78 is 6.08. The van der Waals surface area contributed by atoms with Crippen LogP contribution in [0.25, 0.3) is 0 Å². The van der Waals surface area contributed by atoms with Crippen LogP contribution in [0.1, 0.15) is 37.7 Å². The minimum Gasteiger partial charge on any atom is -0.496 e. The maximum absolute atomic E-state index is 12.1. The molecule has 2 N–H and O–H groups in total. The van der Waals surface area contributed by atoms with Crippen molar-refractivity contribution in [1.29, 1.82) is 0 Å². The molecule has 1 aliphatic carbocycles. The molecule has 21 heavy (non-hydrogen) atoms. The molecule has 0 bridgehead atoms. The first-order chi connectivity index (χ1) is 10.1. The van der Waals surface area contributed by atoms with Crippen LogP contribution in [0, 0.1) is 0 Å². The fourth-order valence-electron chi connectivity index (χ4n) is 2.86. The molecule has 1 saturated carbocycles. The van der Waals surface area contributed by atoms with Crippen molar-refractivity contribution >= 4 is 21.8 Å². The Bertz CT molecular complexity index is 498. The Hall–Kier alpha value is -1.07. The zero-order valence-corrected chi connectivity index (χ0v) is 13.9.